The fraction of sp³-hybridized carbons (Fsp3) is 0.400. The van der Waals surface area contributed by atoms with Gasteiger partial charge in [0.05, 0.1) is 11.6 Å². The van der Waals surface area contributed by atoms with E-state index in [9.17, 15) is 5.11 Å². The van der Waals surface area contributed by atoms with Crippen molar-refractivity contribution in [2.45, 2.75) is 32.1 Å². The van der Waals surface area contributed by atoms with Gasteiger partial charge in [0.2, 0.25) is 0 Å². The molecule has 0 atom stereocenters. The Labute approximate surface area is 123 Å². The number of aromatic amines is 1. The van der Waals surface area contributed by atoms with Gasteiger partial charge in [-0.05, 0) is 25.0 Å². The fourth-order valence-electron chi connectivity index (χ4n) is 1.97. The SMILES string of the molecule is Oc1ccc(Cl)c(OCCCCCCc2ncc[nH]2)c1. The van der Waals surface area contributed by atoms with E-state index in [1.807, 2.05) is 6.20 Å². The number of nitrogens with zero attached hydrogens (tertiary/aromatic N) is 1. The van der Waals surface area contributed by atoms with Gasteiger partial charge in [0.1, 0.15) is 17.3 Å². The molecule has 0 radical (unpaired) electrons. The summed E-state index contributed by atoms with van der Waals surface area (Å²) in [4.78, 5) is 7.29. The zero-order chi connectivity index (χ0) is 14.2. The maximum Gasteiger partial charge on any atom is 0.141 e. The Bertz CT molecular complexity index is 515. The van der Waals surface area contributed by atoms with E-state index >= 15 is 0 Å². The summed E-state index contributed by atoms with van der Waals surface area (Å²) in [5.41, 5.74) is 0. The van der Waals surface area contributed by atoms with E-state index in [0.29, 0.717) is 17.4 Å². The molecule has 0 amide bonds. The van der Waals surface area contributed by atoms with Crippen molar-refractivity contribution >= 4 is 11.6 Å². The summed E-state index contributed by atoms with van der Waals surface area (Å²) >= 11 is 5.97. The molecule has 1 aromatic heterocycles. The highest BCUT2D eigenvalue weighted by molar-refractivity contribution is 6.32. The van der Waals surface area contributed by atoms with E-state index in [4.69, 9.17) is 16.3 Å². The molecule has 0 aliphatic carbocycles. The van der Waals surface area contributed by atoms with Crippen LogP contribution in [0.25, 0.3) is 0 Å². The molecule has 0 unspecified atom stereocenters. The highest BCUT2D eigenvalue weighted by atomic mass is 35.5. The number of phenols is 1. The number of rotatable bonds is 8. The van der Waals surface area contributed by atoms with Crippen molar-refractivity contribution in [1.82, 2.24) is 9.97 Å². The second kappa shape index (κ2) is 7.80. The van der Waals surface area contributed by atoms with Crippen molar-refractivity contribution in [3.63, 3.8) is 0 Å². The summed E-state index contributed by atoms with van der Waals surface area (Å²) in [6, 6.07) is 4.72. The Morgan fingerprint density at radius 2 is 2.05 bits per heavy atom. The fourth-order valence-corrected chi connectivity index (χ4v) is 2.14. The number of hydrogen-bond donors (Lipinski definition) is 2. The monoisotopic (exact) mass is 294 g/mol. The Morgan fingerprint density at radius 1 is 1.20 bits per heavy atom. The molecule has 0 saturated carbocycles. The second-order valence-electron chi connectivity index (χ2n) is 4.66. The van der Waals surface area contributed by atoms with Gasteiger partial charge in [0, 0.05) is 24.9 Å². The van der Waals surface area contributed by atoms with Gasteiger partial charge in [0.25, 0.3) is 0 Å². The standard InChI is InChI=1S/C15H19ClN2O2/c16-13-7-6-12(19)11-14(13)20-10-4-2-1-3-5-15-17-8-9-18-15/h6-9,11,19H,1-5,10H2,(H,17,18). The molecule has 0 bridgehead atoms. The normalized spacial score (nSPS) is 10.7. The van der Waals surface area contributed by atoms with Crippen molar-refractivity contribution in [3.05, 3.63) is 41.4 Å². The van der Waals surface area contributed by atoms with Crippen LogP contribution in [0.1, 0.15) is 31.5 Å². The summed E-state index contributed by atoms with van der Waals surface area (Å²) in [7, 11) is 0. The topological polar surface area (TPSA) is 58.1 Å². The number of nitrogens with one attached hydrogen (secondary N) is 1. The van der Waals surface area contributed by atoms with E-state index in [1.165, 1.54) is 0 Å². The molecule has 0 spiro atoms. The molecule has 2 rings (SSSR count). The largest absolute Gasteiger partial charge is 0.508 e. The summed E-state index contributed by atoms with van der Waals surface area (Å²) in [5, 5.41) is 9.88. The van der Waals surface area contributed by atoms with Crippen molar-refractivity contribution in [2.24, 2.45) is 0 Å². The molecule has 0 aliphatic heterocycles. The minimum absolute atomic E-state index is 0.169. The zero-order valence-electron chi connectivity index (χ0n) is 11.3. The molecule has 1 aromatic carbocycles. The van der Waals surface area contributed by atoms with Gasteiger partial charge < -0.3 is 14.8 Å². The molecular formula is C15H19ClN2O2. The number of benzene rings is 1. The van der Waals surface area contributed by atoms with Crippen LogP contribution in [-0.4, -0.2) is 21.7 Å². The predicted octanol–water partition coefficient (Wildman–Crippen LogP) is 3.95. The number of aryl methyl sites for hydroxylation is 1. The lowest BCUT2D eigenvalue weighted by Gasteiger charge is -2.08. The molecule has 2 N–H and O–H groups in total. The third-order valence-electron chi connectivity index (χ3n) is 3.04. The first kappa shape index (κ1) is 14.7. The van der Waals surface area contributed by atoms with Gasteiger partial charge in [-0.3, -0.25) is 0 Å². The lowest BCUT2D eigenvalue weighted by atomic mass is 10.1. The van der Waals surface area contributed by atoms with Crippen LogP contribution in [0.15, 0.2) is 30.6 Å². The van der Waals surface area contributed by atoms with Gasteiger partial charge >= 0.3 is 0 Å². The lowest BCUT2D eigenvalue weighted by molar-refractivity contribution is 0.303. The number of halogens is 1. The highest BCUT2D eigenvalue weighted by Crippen LogP contribution is 2.28. The Hall–Kier alpha value is -1.68. The molecule has 20 heavy (non-hydrogen) atoms. The van der Waals surface area contributed by atoms with E-state index in [0.717, 1.165) is 37.9 Å². The quantitative estimate of drug-likeness (QED) is 0.725. The van der Waals surface area contributed by atoms with E-state index < -0.39 is 0 Å². The van der Waals surface area contributed by atoms with Crippen LogP contribution in [-0.2, 0) is 6.42 Å². The lowest BCUT2D eigenvalue weighted by Crippen LogP contribution is -1.98. The summed E-state index contributed by atoms with van der Waals surface area (Å²) in [6.45, 7) is 0.615. The predicted molar refractivity (Wildman–Crippen MR) is 79.4 cm³/mol. The Kier molecular flexibility index (Phi) is 5.74. The van der Waals surface area contributed by atoms with Crippen LogP contribution in [0.4, 0.5) is 0 Å². The Balaban J connectivity index is 1.56. The van der Waals surface area contributed by atoms with Crippen LogP contribution in [0.5, 0.6) is 11.5 Å². The molecule has 4 nitrogen and oxygen atoms in total. The minimum atomic E-state index is 0.169. The van der Waals surface area contributed by atoms with Crippen LogP contribution >= 0.6 is 11.6 Å². The third kappa shape index (κ3) is 4.78. The first-order valence-electron chi connectivity index (χ1n) is 6.85. The molecule has 0 saturated heterocycles. The minimum Gasteiger partial charge on any atom is -0.508 e. The number of aromatic hydroxyl groups is 1. The first-order valence-corrected chi connectivity index (χ1v) is 7.23. The third-order valence-corrected chi connectivity index (χ3v) is 3.35. The van der Waals surface area contributed by atoms with Crippen molar-refractivity contribution in [3.8, 4) is 11.5 Å². The van der Waals surface area contributed by atoms with E-state index in [1.54, 1.807) is 24.4 Å². The number of phenolic OH excluding ortho intramolecular Hbond substituents is 1. The Morgan fingerprint density at radius 3 is 2.85 bits per heavy atom. The van der Waals surface area contributed by atoms with Crippen LogP contribution in [0, 0.1) is 0 Å². The number of imidazole rings is 1. The van der Waals surface area contributed by atoms with Crippen molar-refractivity contribution in [2.75, 3.05) is 6.61 Å². The highest BCUT2D eigenvalue weighted by Gasteiger charge is 2.02. The van der Waals surface area contributed by atoms with Gasteiger partial charge in [-0.2, -0.15) is 0 Å². The maximum absolute atomic E-state index is 9.35. The molecule has 2 aromatic rings. The van der Waals surface area contributed by atoms with Gasteiger partial charge in [-0.25, -0.2) is 4.98 Å². The average molecular weight is 295 g/mol. The molecule has 108 valence electrons. The maximum atomic E-state index is 9.35. The summed E-state index contributed by atoms with van der Waals surface area (Å²) in [6.07, 6.45) is 8.98. The van der Waals surface area contributed by atoms with Crippen LogP contribution in [0.3, 0.4) is 0 Å². The molecular weight excluding hydrogens is 276 g/mol. The molecule has 0 fully saturated rings. The molecule has 1 heterocycles. The zero-order valence-corrected chi connectivity index (χ0v) is 12.1. The number of aromatic nitrogens is 2. The summed E-state index contributed by atoms with van der Waals surface area (Å²) < 4.78 is 5.56. The van der Waals surface area contributed by atoms with E-state index in [-0.39, 0.29) is 5.75 Å². The molecule has 0 aliphatic rings. The first-order chi connectivity index (χ1) is 9.75. The van der Waals surface area contributed by atoms with Gasteiger partial charge in [0.15, 0.2) is 0 Å². The van der Waals surface area contributed by atoms with Crippen LogP contribution in [0.2, 0.25) is 5.02 Å². The number of hydrogen-bond acceptors (Lipinski definition) is 3. The average Bonchev–Trinajstić information content (AvgIpc) is 2.94. The summed E-state index contributed by atoms with van der Waals surface area (Å²) in [5.74, 6) is 1.76. The van der Waals surface area contributed by atoms with Crippen molar-refractivity contribution in [1.29, 1.82) is 0 Å². The van der Waals surface area contributed by atoms with Gasteiger partial charge in [-0.1, -0.05) is 24.4 Å². The van der Waals surface area contributed by atoms with Gasteiger partial charge in [-0.15, -0.1) is 0 Å². The number of ether oxygens (including phenoxy) is 1. The van der Waals surface area contributed by atoms with Crippen molar-refractivity contribution < 1.29 is 9.84 Å². The smallest absolute Gasteiger partial charge is 0.141 e. The second-order valence-corrected chi connectivity index (χ2v) is 5.07. The van der Waals surface area contributed by atoms with E-state index in [2.05, 4.69) is 9.97 Å². The van der Waals surface area contributed by atoms with Crippen LogP contribution < -0.4 is 4.74 Å². The number of unbranched alkanes of at least 4 members (excludes halogenated alkanes) is 3. The molecule has 5 heteroatoms. The number of H-pyrrole nitrogens is 1.